The Hall–Kier alpha value is -0.0500. The van der Waals surface area contributed by atoms with Crippen LogP contribution in [0.4, 0.5) is 0 Å². The van der Waals surface area contributed by atoms with Crippen molar-refractivity contribution in [3.63, 3.8) is 0 Å². The van der Waals surface area contributed by atoms with Crippen LogP contribution in [0.2, 0.25) is 0 Å². The minimum absolute atomic E-state index is 0.343. The molecular weight excluding hydrogens is 148 g/mol. The van der Waals surface area contributed by atoms with E-state index in [1.165, 1.54) is 25.2 Å². The summed E-state index contributed by atoms with van der Waals surface area (Å²) in [6, 6.07) is 0. The van der Waals surface area contributed by atoms with Gasteiger partial charge in [-0.05, 0) is 18.8 Å². The molecule has 0 aromatic carbocycles. The normalized spacial score (nSPS) is 21.7. The number of thiol groups is 1. The molecule has 1 saturated carbocycles. The Morgan fingerprint density at radius 2 is 1.70 bits per heavy atom. The van der Waals surface area contributed by atoms with Gasteiger partial charge in [0.2, 0.25) is 0 Å². The van der Waals surface area contributed by atoms with Crippen molar-refractivity contribution in [3.05, 3.63) is 5.92 Å². The largest absolute Gasteiger partial charge is 0.232 e. The van der Waals surface area contributed by atoms with Gasteiger partial charge in [-0.2, -0.15) is 0 Å². The van der Waals surface area contributed by atoms with Gasteiger partial charge >= 0.3 is 0 Å². The van der Waals surface area contributed by atoms with Gasteiger partial charge in [-0.1, -0.05) is 19.3 Å². The molecule has 1 rings (SSSR count). The fourth-order valence-corrected chi connectivity index (χ4v) is 2.07. The highest BCUT2D eigenvalue weighted by Gasteiger charge is 2.13. The number of hydrogen-bond acceptors (Lipinski definition) is 2. The van der Waals surface area contributed by atoms with Crippen molar-refractivity contribution in [1.29, 1.82) is 0 Å². The Kier molecular flexibility index (Phi) is 3.19. The second-order valence-electron chi connectivity index (χ2n) is 2.80. The Bertz CT molecular complexity index is 149. The van der Waals surface area contributed by atoms with Gasteiger partial charge in [0, 0.05) is 0 Å². The lowest BCUT2D eigenvalue weighted by molar-refractivity contribution is 0.535. The zero-order chi connectivity index (χ0) is 7.40. The summed E-state index contributed by atoms with van der Waals surface area (Å²) in [4.78, 5) is 0. The molecule has 0 N–H and O–H groups in total. The Morgan fingerprint density at radius 1 is 1.10 bits per heavy atom. The van der Waals surface area contributed by atoms with Crippen LogP contribution in [-0.4, -0.2) is 14.2 Å². The summed E-state index contributed by atoms with van der Waals surface area (Å²) >= 11 is 0. The maximum atomic E-state index is 10.3. The third-order valence-corrected chi connectivity index (χ3v) is 2.62. The average molecular weight is 161 g/mol. The lowest BCUT2D eigenvalue weighted by Crippen LogP contribution is -2.09. The van der Waals surface area contributed by atoms with Crippen LogP contribution in [0.25, 0.3) is 0 Å². The van der Waals surface area contributed by atoms with Crippen LogP contribution in [0.15, 0.2) is 0 Å². The van der Waals surface area contributed by atoms with Gasteiger partial charge in [0.05, 0.1) is 5.75 Å². The molecule has 0 aromatic rings. The first kappa shape index (κ1) is 8.05. The zero-order valence-corrected chi connectivity index (χ0v) is 6.90. The molecule has 0 atom stereocenters. The van der Waals surface area contributed by atoms with E-state index in [0.29, 0.717) is 5.75 Å². The van der Waals surface area contributed by atoms with Crippen LogP contribution in [0.1, 0.15) is 32.1 Å². The summed E-state index contributed by atoms with van der Waals surface area (Å²) in [6.45, 7) is 0. The highest BCUT2D eigenvalue weighted by Crippen LogP contribution is 2.25. The Balaban J connectivity index is 2.26. The van der Waals surface area contributed by atoms with Crippen LogP contribution in [-0.2, 0) is 10.7 Å². The molecule has 0 aliphatic heterocycles. The summed E-state index contributed by atoms with van der Waals surface area (Å²) in [7, 11) is -2.16. The topological polar surface area (TPSA) is 34.1 Å². The summed E-state index contributed by atoms with van der Waals surface area (Å²) in [6.07, 6.45) is 5.75. The molecule has 1 fully saturated rings. The maximum Gasteiger partial charge on any atom is 0.140 e. The van der Waals surface area contributed by atoms with Crippen molar-refractivity contribution in [2.75, 3.05) is 5.75 Å². The minimum atomic E-state index is -2.16. The first-order valence-electron chi connectivity index (χ1n) is 3.74. The first-order chi connectivity index (χ1) is 4.79. The second kappa shape index (κ2) is 3.96. The van der Waals surface area contributed by atoms with Crippen molar-refractivity contribution in [3.8, 4) is 0 Å². The molecule has 59 valence electrons. The molecule has 0 saturated heterocycles. The maximum absolute atomic E-state index is 10.3. The third kappa shape index (κ3) is 2.69. The van der Waals surface area contributed by atoms with Crippen LogP contribution < -0.4 is 0 Å². The van der Waals surface area contributed by atoms with E-state index >= 15 is 0 Å². The first-order valence-corrected chi connectivity index (χ1v) is 5.10. The summed E-state index contributed by atoms with van der Waals surface area (Å²) in [5.74, 6) is 1.58. The smallest absolute Gasteiger partial charge is 0.140 e. The van der Waals surface area contributed by atoms with E-state index in [1.54, 1.807) is 0 Å². The fourth-order valence-electron chi connectivity index (χ4n) is 1.39. The highest BCUT2D eigenvalue weighted by molar-refractivity contribution is 7.72. The monoisotopic (exact) mass is 161 g/mol. The molecule has 2 nitrogen and oxygen atoms in total. The quantitative estimate of drug-likeness (QED) is 0.616. The van der Waals surface area contributed by atoms with Crippen LogP contribution >= 0.6 is 0 Å². The van der Waals surface area contributed by atoms with E-state index in [4.69, 9.17) is 0 Å². The van der Waals surface area contributed by atoms with Gasteiger partial charge in [-0.3, -0.25) is 0 Å². The van der Waals surface area contributed by atoms with Crippen molar-refractivity contribution >= 4 is 10.7 Å². The van der Waals surface area contributed by atoms with Crippen LogP contribution in [0, 0.1) is 5.92 Å². The average Bonchev–Trinajstić information content (AvgIpc) is 1.88. The van der Waals surface area contributed by atoms with E-state index in [2.05, 4.69) is 0 Å². The highest BCUT2D eigenvalue weighted by atomic mass is 32.2. The van der Waals surface area contributed by atoms with Gasteiger partial charge in [0.15, 0.2) is 0 Å². The molecule has 1 radical (unpaired) electrons. The van der Waals surface area contributed by atoms with Gasteiger partial charge in [-0.15, -0.1) is 0 Å². The Labute approximate surface area is 63.6 Å². The number of hydrogen-bond donors (Lipinski definition) is 1. The van der Waals surface area contributed by atoms with Gasteiger partial charge < -0.3 is 0 Å². The van der Waals surface area contributed by atoms with E-state index in [1.807, 2.05) is 0 Å². The zero-order valence-electron chi connectivity index (χ0n) is 6.01. The molecule has 0 heterocycles. The lowest BCUT2D eigenvalue weighted by Gasteiger charge is -2.17. The summed E-state index contributed by atoms with van der Waals surface area (Å²) in [5, 5.41) is 0. The van der Waals surface area contributed by atoms with Crippen LogP contribution in [0.5, 0.6) is 0 Å². The molecule has 0 bridgehead atoms. The predicted molar refractivity (Wildman–Crippen MR) is 41.5 cm³/mol. The SMILES string of the molecule is O=[SH](=O)C[C]1CCCCC1. The second-order valence-corrected chi connectivity index (χ2v) is 3.78. The van der Waals surface area contributed by atoms with Crippen molar-refractivity contribution in [1.82, 2.24) is 0 Å². The van der Waals surface area contributed by atoms with E-state index in [9.17, 15) is 8.42 Å². The molecule has 3 heteroatoms. The third-order valence-electron chi connectivity index (χ3n) is 1.91. The Morgan fingerprint density at radius 3 is 2.20 bits per heavy atom. The van der Waals surface area contributed by atoms with Crippen molar-refractivity contribution in [2.24, 2.45) is 0 Å². The predicted octanol–water partition coefficient (Wildman–Crippen LogP) is 1.14. The van der Waals surface area contributed by atoms with Gasteiger partial charge in [0.25, 0.3) is 0 Å². The fraction of sp³-hybridized carbons (Fsp3) is 0.857. The standard InChI is InChI=1S/C7H13O2S/c8-10(9)6-7-4-2-1-3-5-7/h10H,1-6H2. The van der Waals surface area contributed by atoms with E-state index in [0.717, 1.165) is 12.8 Å². The molecule has 1 aliphatic rings. The van der Waals surface area contributed by atoms with Crippen molar-refractivity contribution in [2.45, 2.75) is 32.1 Å². The summed E-state index contributed by atoms with van der Waals surface area (Å²) < 4.78 is 20.6. The molecule has 0 aromatic heterocycles. The summed E-state index contributed by atoms with van der Waals surface area (Å²) in [5.41, 5.74) is 0. The molecule has 10 heavy (non-hydrogen) atoms. The van der Waals surface area contributed by atoms with Gasteiger partial charge in [0.1, 0.15) is 10.7 Å². The van der Waals surface area contributed by atoms with E-state index in [-0.39, 0.29) is 0 Å². The van der Waals surface area contributed by atoms with Crippen molar-refractivity contribution < 1.29 is 8.42 Å². The van der Waals surface area contributed by atoms with E-state index < -0.39 is 10.7 Å². The van der Waals surface area contributed by atoms with Gasteiger partial charge in [-0.25, -0.2) is 8.42 Å². The molecule has 0 amide bonds. The molecular formula is C7H13O2S. The molecule has 0 unspecified atom stereocenters. The molecule has 1 aliphatic carbocycles. The molecule has 0 spiro atoms. The lowest BCUT2D eigenvalue weighted by atomic mass is 9.91. The number of rotatable bonds is 2. The van der Waals surface area contributed by atoms with Crippen LogP contribution in [0.3, 0.4) is 0 Å². The minimum Gasteiger partial charge on any atom is -0.232 e.